The number of aromatic nitrogens is 2. The third kappa shape index (κ3) is 3.47. The summed E-state index contributed by atoms with van der Waals surface area (Å²) in [6, 6.07) is 1.66. The van der Waals surface area contributed by atoms with Crippen LogP contribution in [0.3, 0.4) is 0 Å². The third-order valence-electron chi connectivity index (χ3n) is 3.85. The van der Waals surface area contributed by atoms with Crippen LogP contribution in [-0.4, -0.2) is 34.2 Å². The van der Waals surface area contributed by atoms with Crippen molar-refractivity contribution in [2.75, 3.05) is 18.4 Å². The molecule has 1 fully saturated rings. The van der Waals surface area contributed by atoms with Crippen LogP contribution in [0.1, 0.15) is 29.8 Å². The molecule has 3 rings (SSSR count). The van der Waals surface area contributed by atoms with E-state index in [4.69, 9.17) is 4.52 Å². The molecule has 0 saturated carbocycles. The van der Waals surface area contributed by atoms with E-state index in [9.17, 15) is 4.79 Å². The second-order valence-corrected chi connectivity index (χ2v) is 6.59. The van der Waals surface area contributed by atoms with Crippen molar-refractivity contribution in [1.82, 2.24) is 15.0 Å². The van der Waals surface area contributed by atoms with E-state index in [1.54, 1.807) is 17.4 Å². The summed E-state index contributed by atoms with van der Waals surface area (Å²) in [5, 5.41) is 9.88. The highest BCUT2D eigenvalue weighted by molar-refractivity contribution is 7.09. The number of thiazole rings is 1. The maximum absolute atomic E-state index is 12.2. The Balaban J connectivity index is 1.52. The number of urea groups is 1. The first-order chi connectivity index (χ1) is 10.6. The Hall–Kier alpha value is -1.89. The molecule has 0 aliphatic carbocycles. The van der Waals surface area contributed by atoms with Crippen LogP contribution in [0.15, 0.2) is 16.0 Å². The van der Waals surface area contributed by atoms with Gasteiger partial charge in [0.1, 0.15) is 5.76 Å². The first-order valence-corrected chi connectivity index (χ1v) is 8.44. The van der Waals surface area contributed by atoms with Crippen LogP contribution in [0.5, 0.6) is 0 Å². The second-order valence-electron chi connectivity index (χ2n) is 5.65. The molecular weight excluding hydrogens is 300 g/mol. The molecule has 1 saturated heterocycles. The molecule has 2 aromatic rings. The van der Waals surface area contributed by atoms with E-state index in [1.807, 2.05) is 18.7 Å². The molecule has 1 aliphatic rings. The number of hydrogen-bond donors (Lipinski definition) is 1. The van der Waals surface area contributed by atoms with E-state index in [1.165, 1.54) is 0 Å². The molecule has 2 aromatic heterocycles. The van der Waals surface area contributed by atoms with E-state index in [-0.39, 0.29) is 6.03 Å². The molecule has 7 heteroatoms. The van der Waals surface area contributed by atoms with Gasteiger partial charge in [-0.1, -0.05) is 12.1 Å². The van der Waals surface area contributed by atoms with Gasteiger partial charge in [0.25, 0.3) is 0 Å². The third-order valence-corrected chi connectivity index (χ3v) is 4.83. The number of carbonyl (C=O) groups excluding carboxylic acids is 1. The van der Waals surface area contributed by atoms with E-state index in [0.29, 0.717) is 11.7 Å². The lowest BCUT2D eigenvalue weighted by atomic mass is 10.1. The predicted octanol–water partition coefficient (Wildman–Crippen LogP) is 3.10. The van der Waals surface area contributed by atoms with Gasteiger partial charge in [-0.05, 0) is 19.3 Å². The molecule has 0 bridgehead atoms. The van der Waals surface area contributed by atoms with Crippen molar-refractivity contribution in [1.29, 1.82) is 0 Å². The lowest BCUT2D eigenvalue weighted by molar-refractivity contribution is 0.220. The van der Waals surface area contributed by atoms with Crippen molar-refractivity contribution < 1.29 is 9.32 Å². The molecule has 2 amide bonds. The van der Waals surface area contributed by atoms with Crippen molar-refractivity contribution in [3.05, 3.63) is 27.9 Å². The molecule has 0 aromatic carbocycles. The number of nitrogens with zero attached hydrogens (tertiary/aromatic N) is 3. The van der Waals surface area contributed by atoms with Gasteiger partial charge < -0.3 is 9.42 Å². The van der Waals surface area contributed by atoms with Gasteiger partial charge in [0, 0.05) is 43.1 Å². The standard InChI is InChI=1S/C15H20N4O2S/c1-3-12-7-13(18-21-12)17-15(20)19-5-4-11(8-19)6-14-16-10(2)9-22-14/h7,9,11H,3-6,8H2,1-2H3,(H,17,18,20). The largest absolute Gasteiger partial charge is 0.359 e. The van der Waals surface area contributed by atoms with Gasteiger partial charge in [-0.2, -0.15) is 0 Å². The number of carbonyl (C=O) groups is 1. The highest BCUT2D eigenvalue weighted by atomic mass is 32.1. The summed E-state index contributed by atoms with van der Waals surface area (Å²) in [7, 11) is 0. The first-order valence-electron chi connectivity index (χ1n) is 7.56. The molecule has 1 unspecified atom stereocenters. The Morgan fingerprint density at radius 3 is 3.14 bits per heavy atom. The maximum Gasteiger partial charge on any atom is 0.323 e. The fourth-order valence-electron chi connectivity index (χ4n) is 2.65. The van der Waals surface area contributed by atoms with E-state index < -0.39 is 0 Å². The topological polar surface area (TPSA) is 71.3 Å². The Bertz CT molecular complexity index is 652. The fourth-order valence-corrected chi connectivity index (χ4v) is 3.54. The van der Waals surface area contributed by atoms with Crippen molar-refractivity contribution in [3.8, 4) is 0 Å². The Labute approximate surface area is 133 Å². The highest BCUT2D eigenvalue weighted by Crippen LogP contribution is 2.23. The van der Waals surface area contributed by atoms with Crippen molar-refractivity contribution >= 4 is 23.2 Å². The van der Waals surface area contributed by atoms with Gasteiger partial charge in [0.2, 0.25) is 0 Å². The molecular formula is C15H20N4O2S. The Kier molecular flexibility index (Phi) is 4.42. The number of nitrogens with one attached hydrogen (secondary N) is 1. The summed E-state index contributed by atoms with van der Waals surface area (Å²) in [6.45, 7) is 5.54. The lowest BCUT2D eigenvalue weighted by Crippen LogP contribution is -2.33. The maximum atomic E-state index is 12.2. The minimum Gasteiger partial charge on any atom is -0.359 e. The Morgan fingerprint density at radius 1 is 1.59 bits per heavy atom. The molecule has 0 spiro atoms. The van der Waals surface area contributed by atoms with Crippen LogP contribution in [0, 0.1) is 12.8 Å². The first kappa shape index (κ1) is 15.0. The summed E-state index contributed by atoms with van der Waals surface area (Å²) in [5.74, 6) is 1.74. The second kappa shape index (κ2) is 6.48. The molecule has 22 heavy (non-hydrogen) atoms. The molecule has 3 heterocycles. The highest BCUT2D eigenvalue weighted by Gasteiger charge is 2.27. The zero-order valence-electron chi connectivity index (χ0n) is 12.8. The molecule has 1 aliphatic heterocycles. The number of hydrogen-bond acceptors (Lipinski definition) is 5. The summed E-state index contributed by atoms with van der Waals surface area (Å²) in [4.78, 5) is 18.6. The van der Waals surface area contributed by atoms with Crippen molar-refractivity contribution in [2.24, 2.45) is 5.92 Å². The fraction of sp³-hybridized carbons (Fsp3) is 0.533. The van der Waals surface area contributed by atoms with Crippen LogP contribution in [0.25, 0.3) is 0 Å². The summed E-state index contributed by atoms with van der Waals surface area (Å²) >= 11 is 1.70. The van der Waals surface area contributed by atoms with E-state index in [0.717, 1.165) is 48.8 Å². The van der Waals surface area contributed by atoms with E-state index >= 15 is 0 Å². The quantitative estimate of drug-likeness (QED) is 0.939. The number of likely N-dealkylation sites (tertiary alicyclic amines) is 1. The average molecular weight is 320 g/mol. The summed E-state index contributed by atoms with van der Waals surface area (Å²) < 4.78 is 5.09. The van der Waals surface area contributed by atoms with Crippen molar-refractivity contribution in [2.45, 2.75) is 33.1 Å². The van der Waals surface area contributed by atoms with Crippen LogP contribution in [0.4, 0.5) is 10.6 Å². The summed E-state index contributed by atoms with van der Waals surface area (Å²) in [6.07, 6.45) is 2.74. The Morgan fingerprint density at radius 2 is 2.45 bits per heavy atom. The van der Waals surface area contributed by atoms with Gasteiger partial charge in [0.05, 0.1) is 5.01 Å². The summed E-state index contributed by atoms with van der Waals surface area (Å²) in [5.41, 5.74) is 1.07. The molecule has 0 radical (unpaired) electrons. The number of rotatable bonds is 4. The van der Waals surface area contributed by atoms with Crippen LogP contribution < -0.4 is 5.32 Å². The normalized spacial score (nSPS) is 17.9. The van der Waals surface area contributed by atoms with Gasteiger partial charge >= 0.3 is 6.03 Å². The van der Waals surface area contributed by atoms with Crippen molar-refractivity contribution in [3.63, 3.8) is 0 Å². The van der Waals surface area contributed by atoms with Gasteiger partial charge in [0.15, 0.2) is 5.82 Å². The van der Waals surface area contributed by atoms with Crippen LogP contribution in [0.2, 0.25) is 0 Å². The number of amides is 2. The average Bonchev–Trinajstić information content (AvgIpc) is 3.21. The van der Waals surface area contributed by atoms with E-state index in [2.05, 4.69) is 20.8 Å². The number of aryl methyl sites for hydroxylation is 2. The molecule has 118 valence electrons. The SMILES string of the molecule is CCc1cc(NC(=O)N2CCC(Cc3nc(C)cs3)C2)no1. The smallest absolute Gasteiger partial charge is 0.323 e. The molecule has 6 nitrogen and oxygen atoms in total. The van der Waals surface area contributed by atoms with Gasteiger partial charge in [-0.25, -0.2) is 9.78 Å². The monoisotopic (exact) mass is 320 g/mol. The van der Waals surface area contributed by atoms with Gasteiger partial charge in [-0.15, -0.1) is 11.3 Å². The zero-order valence-corrected chi connectivity index (χ0v) is 13.7. The predicted molar refractivity (Wildman–Crippen MR) is 85.1 cm³/mol. The zero-order chi connectivity index (χ0) is 15.5. The van der Waals surface area contributed by atoms with Crippen LogP contribution >= 0.6 is 11.3 Å². The van der Waals surface area contributed by atoms with Gasteiger partial charge in [-0.3, -0.25) is 5.32 Å². The minimum absolute atomic E-state index is 0.103. The molecule has 1 N–H and O–H groups in total. The minimum atomic E-state index is -0.103. The van der Waals surface area contributed by atoms with Crippen LogP contribution in [-0.2, 0) is 12.8 Å². The number of anilines is 1. The molecule has 1 atom stereocenters. The lowest BCUT2D eigenvalue weighted by Gasteiger charge is -2.15.